The Labute approximate surface area is 63.4 Å². The lowest BCUT2D eigenvalue weighted by Crippen LogP contribution is -2.40. The van der Waals surface area contributed by atoms with Crippen molar-refractivity contribution in [1.82, 2.24) is 0 Å². The lowest BCUT2D eigenvalue weighted by Gasteiger charge is -2.19. The Balaban J connectivity index is 4.27. The van der Waals surface area contributed by atoms with Gasteiger partial charge in [-0.1, -0.05) is 0 Å². The topological polar surface area (TPSA) is 0 Å². The lowest BCUT2D eigenvalue weighted by atomic mass is 10.1. The van der Waals surface area contributed by atoms with E-state index < -0.39 is 31.4 Å². The van der Waals surface area contributed by atoms with E-state index in [4.69, 9.17) is 0 Å². The Hall–Kier alpha value is -0.490. The highest BCUT2D eigenvalue weighted by Crippen LogP contribution is 2.30. The molecule has 1 radical (unpaired) electrons. The summed E-state index contributed by atoms with van der Waals surface area (Å²) in [5, 5.41) is 0. The van der Waals surface area contributed by atoms with Crippen LogP contribution in [0.25, 0.3) is 0 Å². The summed E-state index contributed by atoms with van der Waals surface area (Å²) in [7, 11) is 0. The fourth-order valence-corrected chi connectivity index (χ4v) is 0.400. The van der Waals surface area contributed by atoms with Crippen molar-refractivity contribution in [3.05, 3.63) is 6.67 Å². The predicted molar refractivity (Wildman–Crippen MR) is 26.2 cm³/mol. The van der Waals surface area contributed by atoms with Crippen LogP contribution in [0.5, 0.6) is 0 Å². The van der Waals surface area contributed by atoms with Crippen LogP contribution in [0.2, 0.25) is 0 Å². The second kappa shape index (κ2) is 3.95. The molecule has 73 valence electrons. The van der Waals surface area contributed by atoms with E-state index in [9.17, 15) is 30.7 Å². The molecule has 0 heterocycles. The maximum atomic E-state index is 11.9. The highest BCUT2D eigenvalue weighted by Gasteiger charge is 2.49. The first-order valence-electron chi connectivity index (χ1n) is 2.71. The molecule has 12 heavy (non-hydrogen) atoms. The van der Waals surface area contributed by atoms with Gasteiger partial charge in [-0.25, -0.2) is 22.0 Å². The third-order valence-corrected chi connectivity index (χ3v) is 1.03. The van der Waals surface area contributed by atoms with Gasteiger partial charge >= 0.3 is 5.92 Å². The molecular weight excluding hydrogens is 193 g/mol. The summed E-state index contributed by atoms with van der Waals surface area (Å²) in [6, 6.07) is 0. The maximum Gasteiger partial charge on any atom is 0.315 e. The van der Waals surface area contributed by atoms with Gasteiger partial charge in [0.05, 0.1) is 0 Å². The van der Waals surface area contributed by atoms with Crippen LogP contribution < -0.4 is 0 Å². The molecule has 2 atom stereocenters. The minimum atomic E-state index is -4.81. The molecule has 0 bridgehead atoms. The standard InChI is InChI=1S/C5H4F7/c6-1-5(11,12)3(8)2(7)4(9)10/h1-4H. The van der Waals surface area contributed by atoms with Crippen molar-refractivity contribution in [2.75, 3.05) is 0 Å². The van der Waals surface area contributed by atoms with E-state index in [0.29, 0.717) is 0 Å². The first-order chi connectivity index (χ1) is 5.33. The van der Waals surface area contributed by atoms with Crippen molar-refractivity contribution in [3.8, 4) is 0 Å². The van der Waals surface area contributed by atoms with Crippen LogP contribution in [-0.2, 0) is 0 Å². The second-order valence-corrected chi connectivity index (χ2v) is 1.96. The molecule has 0 spiro atoms. The van der Waals surface area contributed by atoms with Gasteiger partial charge in [0.25, 0.3) is 6.43 Å². The zero-order valence-corrected chi connectivity index (χ0v) is 5.46. The molecule has 0 fully saturated rings. The maximum absolute atomic E-state index is 11.9. The normalized spacial score (nSPS) is 18.0. The van der Waals surface area contributed by atoms with Crippen LogP contribution in [0.3, 0.4) is 0 Å². The van der Waals surface area contributed by atoms with Gasteiger partial charge in [0.15, 0.2) is 6.17 Å². The average molecular weight is 197 g/mol. The van der Waals surface area contributed by atoms with Crippen LogP contribution in [0.1, 0.15) is 0 Å². The van der Waals surface area contributed by atoms with Gasteiger partial charge in [-0.2, -0.15) is 8.78 Å². The van der Waals surface area contributed by atoms with Gasteiger partial charge in [0.1, 0.15) is 0 Å². The van der Waals surface area contributed by atoms with E-state index in [-0.39, 0.29) is 0 Å². The van der Waals surface area contributed by atoms with Gasteiger partial charge in [-0.3, -0.25) is 0 Å². The van der Waals surface area contributed by atoms with Crippen molar-refractivity contribution in [2.24, 2.45) is 0 Å². The zero-order valence-electron chi connectivity index (χ0n) is 5.46. The Kier molecular flexibility index (Phi) is 3.79. The zero-order chi connectivity index (χ0) is 9.94. The molecule has 7 heteroatoms. The highest BCUT2D eigenvalue weighted by atomic mass is 19.3. The minimum Gasteiger partial charge on any atom is -0.238 e. The van der Waals surface area contributed by atoms with Crippen LogP contribution in [0, 0.1) is 6.67 Å². The van der Waals surface area contributed by atoms with Crippen molar-refractivity contribution in [2.45, 2.75) is 24.7 Å². The highest BCUT2D eigenvalue weighted by molar-refractivity contribution is 4.89. The van der Waals surface area contributed by atoms with Crippen LogP contribution in [-0.4, -0.2) is 24.7 Å². The minimum absolute atomic E-state index is 1.45. The SMILES string of the molecule is F[CH]C(F)(F)C(F)C(F)C(F)F. The summed E-state index contributed by atoms with van der Waals surface area (Å²) in [5.74, 6) is -4.81. The van der Waals surface area contributed by atoms with E-state index in [1.165, 1.54) is 0 Å². The molecule has 0 aromatic heterocycles. The third-order valence-electron chi connectivity index (χ3n) is 1.03. The van der Waals surface area contributed by atoms with Crippen molar-refractivity contribution >= 4 is 0 Å². The van der Waals surface area contributed by atoms with Crippen molar-refractivity contribution in [3.63, 3.8) is 0 Å². The summed E-state index contributed by atoms with van der Waals surface area (Å²) >= 11 is 0. The van der Waals surface area contributed by atoms with Crippen LogP contribution in [0.4, 0.5) is 30.7 Å². The number of alkyl halides is 6. The largest absolute Gasteiger partial charge is 0.315 e. The molecule has 0 saturated carbocycles. The van der Waals surface area contributed by atoms with Crippen LogP contribution in [0.15, 0.2) is 0 Å². The molecule has 0 aromatic rings. The third kappa shape index (κ3) is 2.53. The molecule has 0 aromatic carbocycles. The Morgan fingerprint density at radius 2 is 1.42 bits per heavy atom. The Bertz CT molecular complexity index is 134. The summed E-state index contributed by atoms with van der Waals surface area (Å²) in [6.07, 6.45) is -11.4. The predicted octanol–water partition coefficient (Wildman–Crippen LogP) is 2.69. The van der Waals surface area contributed by atoms with E-state index in [1.54, 1.807) is 0 Å². The van der Waals surface area contributed by atoms with E-state index in [2.05, 4.69) is 0 Å². The Morgan fingerprint density at radius 3 is 1.67 bits per heavy atom. The molecule has 2 unspecified atom stereocenters. The summed E-state index contributed by atoms with van der Waals surface area (Å²) < 4.78 is 81.0. The molecule has 0 aliphatic carbocycles. The molecule has 0 amide bonds. The van der Waals surface area contributed by atoms with E-state index >= 15 is 0 Å². The van der Waals surface area contributed by atoms with E-state index in [0.717, 1.165) is 0 Å². The molecule has 0 nitrogen and oxygen atoms in total. The smallest absolute Gasteiger partial charge is 0.238 e. The second-order valence-electron chi connectivity index (χ2n) is 1.96. The average Bonchev–Trinajstić information content (AvgIpc) is 2.01. The fraction of sp³-hybridized carbons (Fsp3) is 0.800. The van der Waals surface area contributed by atoms with E-state index in [1.807, 2.05) is 0 Å². The molecule has 0 aliphatic heterocycles. The van der Waals surface area contributed by atoms with Crippen LogP contribution >= 0.6 is 0 Å². The molecule has 0 N–H and O–H groups in total. The number of hydrogen-bond donors (Lipinski definition) is 0. The fourth-order valence-electron chi connectivity index (χ4n) is 0.400. The molecule has 0 aliphatic rings. The number of halogens is 7. The molecule has 0 rings (SSSR count). The lowest BCUT2D eigenvalue weighted by molar-refractivity contribution is -0.117. The molecular formula is C5H4F7. The van der Waals surface area contributed by atoms with Gasteiger partial charge < -0.3 is 0 Å². The summed E-state index contributed by atoms with van der Waals surface area (Å²) in [6.45, 7) is -1.45. The summed E-state index contributed by atoms with van der Waals surface area (Å²) in [5.41, 5.74) is 0. The number of rotatable bonds is 4. The first kappa shape index (κ1) is 11.5. The van der Waals surface area contributed by atoms with Crippen molar-refractivity contribution < 1.29 is 30.7 Å². The van der Waals surface area contributed by atoms with Gasteiger partial charge in [-0.15, -0.1) is 0 Å². The Morgan fingerprint density at radius 1 is 1.00 bits per heavy atom. The first-order valence-corrected chi connectivity index (χ1v) is 2.71. The quantitative estimate of drug-likeness (QED) is 0.608. The summed E-state index contributed by atoms with van der Waals surface area (Å²) in [4.78, 5) is 0. The molecule has 0 saturated heterocycles. The number of hydrogen-bond acceptors (Lipinski definition) is 0. The van der Waals surface area contributed by atoms with Gasteiger partial charge in [0, 0.05) is 0 Å². The van der Waals surface area contributed by atoms with Gasteiger partial charge in [0.2, 0.25) is 12.8 Å². The van der Waals surface area contributed by atoms with Gasteiger partial charge in [-0.05, 0) is 0 Å². The monoisotopic (exact) mass is 197 g/mol. The van der Waals surface area contributed by atoms with Crippen molar-refractivity contribution in [1.29, 1.82) is 0 Å².